The average Bonchev–Trinajstić information content (AvgIpc) is 2.51. The number of benzene rings is 1. The van der Waals surface area contributed by atoms with Gasteiger partial charge in [0.15, 0.2) is 0 Å². The van der Waals surface area contributed by atoms with E-state index < -0.39 is 0 Å². The van der Waals surface area contributed by atoms with E-state index in [9.17, 15) is 4.79 Å². The summed E-state index contributed by atoms with van der Waals surface area (Å²) < 4.78 is 0. The molecule has 1 amide bonds. The monoisotopic (exact) mass is 340 g/mol. The molecule has 1 aliphatic heterocycles. The van der Waals surface area contributed by atoms with E-state index in [0.717, 1.165) is 24.9 Å². The Morgan fingerprint density at radius 3 is 2.55 bits per heavy atom. The van der Waals surface area contributed by atoms with Crippen molar-refractivity contribution in [2.75, 3.05) is 25.0 Å². The zero-order valence-corrected chi connectivity index (χ0v) is 14.2. The molecule has 0 spiro atoms. The highest BCUT2D eigenvalue weighted by Gasteiger charge is 2.31. The highest BCUT2D eigenvalue weighted by atomic mass is 35.5. The summed E-state index contributed by atoms with van der Waals surface area (Å²) in [5.74, 6) is 1.62. The van der Waals surface area contributed by atoms with E-state index in [4.69, 9.17) is 23.2 Å². The molecule has 5 heteroatoms. The van der Waals surface area contributed by atoms with Gasteiger partial charge in [-0.2, -0.15) is 0 Å². The number of carbonyl (C=O) groups is 1. The van der Waals surface area contributed by atoms with Crippen LogP contribution in [0.15, 0.2) is 18.2 Å². The lowest BCUT2D eigenvalue weighted by Gasteiger charge is -2.41. The molecule has 2 atom stereocenters. The third kappa shape index (κ3) is 3.76. The Labute approximate surface area is 142 Å². The molecule has 1 aromatic rings. The van der Waals surface area contributed by atoms with E-state index in [-0.39, 0.29) is 5.91 Å². The fraction of sp³-hybridized carbons (Fsp3) is 0.588. The number of anilines is 1. The number of piperidine rings is 1. The lowest BCUT2D eigenvalue weighted by atomic mass is 9.75. The summed E-state index contributed by atoms with van der Waals surface area (Å²) in [5.41, 5.74) is 0.517. The first-order valence-electron chi connectivity index (χ1n) is 8.09. The summed E-state index contributed by atoms with van der Waals surface area (Å²) in [6.07, 6.45) is 6.65. The number of likely N-dealkylation sites (tertiary alicyclic amines) is 1. The van der Waals surface area contributed by atoms with Crippen LogP contribution in [-0.4, -0.2) is 30.4 Å². The number of nitrogens with zero attached hydrogens (tertiary/aromatic N) is 1. The Balaban J connectivity index is 1.56. The molecule has 0 radical (unpaired) electrons. The van der Waals surface area contributed by atoms with Gasteiger partial charge in [-0.3, -0.25) is 9.69 Å². The molecular weight excluding hydrogens is 319 g/mol. The zero-order valence-electron chi connectivity index (χ0n) is 12.7. The molecular formula is C17H22Cl2N2O. The molecule has 1 N–H and O–H groups in total. The molecule has 1 aromatic carbocycles. The number of amides is 1. The standard InChI is InChI=1S/C17H22Cl2N2O/c18-14-6-3-7-15(19)17(14)20-16(22)11-21-9-8-12-4-1-2-5-13(12)10-21/h3,6-7,12-13H,1-2,4-5,8-11H2,(H,20,22)/t12-,13-/m0/s1. The van der Waals surface area contributed by atoms with E-state index in [1.54, 1.807) is 18.2 Å². The third-order valence-electron chi connectivity index (χ3n) is 4.97. The summed E-state index contributed by atoms with van der Waals surface area (Å²) in [5, 5.41) is 3.81. The third-order valence-corrected chi connectivity index (χ3v) is 5.60. The van der Waals surface area contributed by atoms with Crippen molar-refractivity contribution in [3.05, 3.63) is 28.2 Å². The van der Waals surface area contributed by atoms with Gasteiger partial charge in [0, 0.05) is 6.54 Å². The number of hydrogen-bond donors (Lipinski definition) is 1. The summed E-state index contributed by atoms with van der Waals surface area (Å²) in [6, 6.07) is 5.24. The maximum Gasteiger partial charge on any atom is 0.238 e. The minimum Gasteiger partial charge on any atom is -0.322 e. The number of nitrogens with one attached hydrogen (secondary N) is 1. The molecule has 120 valence electrons. The van der Waals surface area contributed by atoms with Crippen molar-refractivity contribution in [1.29, 1.82) is 0 Å². The van der Waals surface area contributed by atoms with E-state index in [2.05, 4.69) is 10.2 Å². The number of hydrogen-bond acceptors (Lipinski definition) is 2. The van der Waals surface area contributed by atoms with Gasteiger partial charge in [-0.1, -0.05) is 48.5 Å². The van der Waals surface area contributed by atoms with Crippen LogP contribution in [0, 0.1) is 11.8 Å². The molecule has 1 saturated carbocycles. The van der Waals surface area contributed by atoms with Crippen LogP contribution < -0.4 is 5.32 Å². The molecule has 1 saturated heterocycles. The topological polar surface area (TPSA) is 32.3 Å². The largest absolute Gasteiger partial charge is 0.322 e. The highest BCUT2D eigenvalue weighted by Crippen LogP contribution is 2.36. The fourth-order valence-electron chi connectivity index (χ4n) is 3.82. The van der Waals surface area contributed by atoms with Gasteiger partial charge in [-0.05, 0) is 43.4 Å². The second-order valence-corrected chi connectivity index (χ2v) is 7.29. The van der Waals surface area contributed by atoms with E-state index in [0.29, 0.717) is 22.3 Å². The second kappa shape index (κ2) is 7.20. The zero-order chi connectivity index (χ0) is 15.5. The Morgan fingerprint density at radius 1 is 1.14 bits per heavy atom. The van der Waals surface area contributed by atoms with Crippen LogP contribution in [0.5, 0.6) is 0 Å². The minimum atomic E-state index is -0.0377. The first-order chi connectivity index (χ1) is 10.6. The smallest absolute Gasteiger partial charge is 0.238 e. The average molecular weight is 341 g/mol. The summed E-state index contributed by atoms with van der Waals surface area (Å²) >= 11 is 12.2. The number of rotatable bonds is 3. The maximum absolute atomic E-state index is 12.3. The number of halogens is 2. The van der Waals surface area contributed by atoms with Crippen LogP contribution in [-0.2, 0) is 4.79 Å². The number of fused-ring (bicyclic) bond motifs is 1. The van der Waals surface area contributed by atoms with Crippen LogP contribution in [0.3, 0.4) is 0 Å². The fourth-order valence-corrected chi connectivity index (χ4v) is 4.31. The molecule has 1 heterocycles. The Bertz CT molecular complexity index is 529. The molecule has 0 unspecified atom stereocenters. The van der Waals surface area contributed by atoms with Crippen LogP contribution in [0.1, 0.15) is 32.1 Å². The van der Waals surface area contributed by atoms with Gasteiger partial charge in [-0.25, -0.2) is 0 Å². The van der Waals surface area contributed by atoms with Crippen LogP contribution in [0.2, 0.25) is 10.0 Å². The summed E-state index contributed by atoms with van der Waals surface area (Å²) in [4.78, 5) is 14.5. The molecule has 0 bridgehead atoms. The minimum absolute atomic E-state index is 0.0377. The van der Waals surface area contributed by atoms with Crippen molar-refractivity contribution in [2.24, 2.45) is 11.8 Å². The van der Waals surface area contributed by atoms with Gasteiger partial charge in [0.05, 0.1) is 22.3 Å². The van der Waals surface area contributed by atoms with Gasteiger partial charge < -0.3 is 5.32 Å². The second-order valence-electron chi connectivity index (χ2n) is 6.47. The summed E-state index contributed by atoms with van der Waals surface area (Å²) in [6.45, 7) is 2.49. The van der Waals surface area contributed by atoms with E-state index >= 15 is 0 Å². The normalized spacial score (nSPS) is 25.5. The van der Waals surface area contributed by atoms with E-state index in [1.165, 1.54) is 32.1 Å². The van der Waals surface area contributed by atoms with Crippen molar-refractivity contribution in [3.63, 3.8) is 0 Å². The van der Waals surface area contributed by atoms with Crippen LogP contribution in [0.4, 0.5) is 5.69 Å². The highest BCUT2D eigenvalue weighted by molar-refractivity contribution is 6.39. The molecule has 3 nitrogen and oxygen atoms in total. The Kier molecular flexibility index (Phi) is 5.27. The van der Waals surface area contributed by atoms with Crippen molar-refractivity contribution in [2.45, 2.75) is 32.1 Å². The molecule has 22 heavy (non-hydrogen) atoms. The van der Waals surface area contributed by atoms with Crippen molar-refractivity contribution < 1.29 is 4.79 Å². The molecule has 2 fully saturated rings. The quantitative estimate of drug-likeness (QED) is 0.881. The molecule has 0 aromatic heterocycles. The lowest BCUT2D eigenvalue weighted by Crippen LogP contribution is -2.44. The van der Waals surface area contributed by atoms with Crippen molar-refractivity contribution >= 4 is 34.8 Å². The molecule has 1 aliphatic carbocycles. The van der Waals surface area contributed by atoms with Crippen molar-refractivity contribution in [3.8, 4) is 0 Å². The first kappa shape index (κ1) is 16.1. The maximum atomic E-state index is 12.3. The summed E-state index contributed by atoms with van der Waals surface area (Å²) in [7, 11) is 0. The van der Waals surface area contributed by atoms with Gasteiger partial charge in [0.2, 0.25) is 5.91 Å². The van der Waals surface area contributed by atoms with E-state index in [1.807, 2.05) is 0 Å². The predicted octanol–water partition coefficient (Wildman–Crippen LogP) is 4.44. The van der Waals surface area contributed by atoms with Crippen LogP contribution in [0.25, 0.3) is 0 Å². The SMILES string of the molecule is O=C(CN1CC[C@@H]2CCCC[C@H]2C1)Nc1c(Cl)cccc1Cl. The number of para-hydroxylation sites is 1. The lowest BCUT2D eigenvalue weighted by molar-refractivity contribution is -0.118. The Hall–Kier alpha value is -0.770. The number of carbonyl (C=O) groups excluding carboxylic acids is 1. The van der Waals surface area contributed by atoms with Gasteiger partial charge in [0.25, 0.3) is 0 Å². The Morgan fingerprint density at radius 2 is 1.82 bits per heavy atom. The van der Waals surface area contributed by atoms with Crippen LogP contribution >= 0.6 is 23.2 Å². The molecule has 2 aliphatic rings. The predicted molar refractivity (Wildman–Crippen MR) is 91.6 cm³/mol. The molecule has 3 rings (SSSR count). The first-order valence-corrected chi connectivity index (χ1v) is 8.85. The van der Waals surface area contributed by atoms with Gasteiger partial charge in [-0.15, -0.1) is 0 Å². The van der Waals surface area contributed by atoms with Crippen molar-refractivity contribution in [1.82, 2.24) is 4.90 Å². The van der Waals surface area contributed by atoms with Gasteiger partial charge in [0.1, 0.15) is 0 Å². The van der Waals surface area contributed by atoms with Gasteiger partial charge >= 0.3 is 0 Å².